The van der Waals surface area contributed by atoms with Crippen LogP contribution in [0.5, 0.6) is 0 Å². The molecule has 1 unspecified atom stereocenters. The minimum atomic E-state index is 0.264. The fourth-order valence-corrected chi connectivity index (χ4v) is 4.36. The average molecular weight is 450 g/mol. The van der Waals surface area contributed by atoms with Crippen LogP contribution in [0.2, 0.25) is 5.15 Å². The summed E-state index contributed by atoms with van der Waals surface area (Å²) in [5.41, 5.74) is 6.36. The Kier molecular flexibility index (Phi) is 6.05. The van der Waals surface area contributed by atoms with E-state index in [-0.39, 0.29) is 6.04 Å². The van der Waals surface area contributed by atoms with E-state index in [1.54, 1.807) is 0 Å². The molecule has 3 aromatic carbocycles. The summed E-state index contributed by atoms with van der Waals surface area (Å²) < 4.78 is 0. The Morgan fingerprint density at radius 1 is 0.818 bits per heavy atom. The molecule has 3 nitrogen and oxygen atoms in total. The Morgan fingerprint density at radius 2 is 1.58 bits per heavy atom. The number of aryl methyl sites for hydroxylation is 1. The van der Waals surface area contributed by atoms with Crippen molar-refractivity contribution in [2.24, 2.45) is 0 Å². The van der Waals surface area contributed by atoms with Gasteiger partial charge in [0, 0.05) is 28.6 Å². The van der Waals surface area contributed by atoms with Crippen molar-refractivity contribution < 1.29 is 0 Å². The van der Waals surface area contributed by atoms with Crippen LogP contribution in [-0.4, -0.2) is 16.0 Å². The molecule has 0 amide bonds. The standard InChI is InChI=1S/C29H24ClN3/c1-21-10-8-9-15-27(21)33(24-13-6-3-7-14-24)25-18-16-22(17-19-25)26-20-28(30)32-29(31-26)23-11-4-2-5-12-23/h2-13,15-20,24H,14H2,1H3. The first-order valence-corrected chi connectivity index (χ1v) is 11.5. The number of halogens is 1. The molecule has 1 atom stereocenters. The molecule has 0 aliphatic heterocycles. The number of hydrogen-bond donors (Lipinski definition) is 0. The SMILES string of the molecule is Cc1ccccc1N(c1ccc(-c2cc(Cl)nc(-c3ccccc3)n2)cc1)C1C=CC=CC1. The monoisotopic (exact) mass is 449 g/mol. The molecule has 0 bridgehead atoms. The van der Waals surface area contributed by atoms with Crippen molar-refractivity contribution in [1.82, 2.24) is 9.97 Å². The molecule has 0 fully saturated rings. The van der Waals surface area contributed by atoms with Gasteiger partial charge < -0.3 is 4.90 Å². The van der Waals surface area contributed by atoms with Gasteiger partial charge in [0.1, 0.15) is 5.15 Å². The molecule has 0 N–H and O–H groups in total. The van der Waals surface area contributed by atoms with E-state index in [4.69, 9.17) is 16.6 Å². The van der Waals surface area contributed by atoms with E-state index >= 15 is 0 Å². The first-order chi connectivity index (χ1) is 16.2. The number of allylic oxidation sites excluding steroid dienone is 2. The van der Waals surface area contributed by atoms with Gasteiger partial charge in [-0.3, -0.25) is 0 Å². The maximum Gasteiger partial charge on any atom is 0.161 e. The van der Waals surface area contributed by atoms with Crippen LogP contribution in [-0.2, 0) is 0 Å². The normalized spacial score (nSPS) is 14.9. The quantitative estimate of drug-likeness (QED) is 0.291. The highest BCUT2D eigenvalue weighted by atomic mass is 35.5. The lowest BCUT2D eigenvalue weighted by atomic mass is 10.0. The van der Waals surface area contributed by atoms with Crippen LogP contribution in [0.15, 0.2) is 109 Å². The van der Waals surface area contributed by atoms with Crippen molar-refractivity contribution in [3.8, 4) is 22.6 Å². The number of para-hydroxylation sites is 1. The maximum atomic E-state index is 6.36. The summed E-state index contributed by atoms with van der Waals surface area (Å²) in [7, 11) is 0. The largest absolute Gasteiger partial charge is 0.334 e. The van der Waals surface area contributed by atoms with Gasteiger partial charge in [-0.2, -0.15) is 0 Å². The summed E-state index contributed by atoms with van der Waals surface area (Å²) in [4.78, 5) is 11.6. The smallest absolute Gasteiger partial charge is 0.161 e. The molecule has 1 heterocycles. The predicted molar refractivity (Wildman–Crippen MR) is 138 cm³/mol. The number of rotatable bonds is 5. The van der Waals surface area contributed by atoms with Crippen molar-refractivity contribution in [1.29, 1.82) is 0 Å². The highest BCUT2D eigenvalue weighted by Crippen LogP contribution is 2.34. The summed E-state index contributed by atoms with van der Waals surface area (Å²) in [5.74, 6) is 0.628. The number of nitrogens with zero attached hydrogens (tertiary/aromatic N) is 3. The first-order valence-electron chi connectivity index (χ1n) is 11.1. The van der Waals surface area contributed by atoms with E-state index in [1.807, 2.05) is 36.4 Å². The van der Waals surface area contributed by atoms with Crippen LogP contribution in [0, 0.1) is 6.92 Å². The summed E-state index contributed by atoms with van der Waals surface area (Å²) in [6, 6.07) is 29.0. The Hall–Kier alpha value is -3.69. The topological polar surface area (TPSA) is 29.0 Å². The Bertz CT molecular complexity index is 1310. The molecule has 1 aromatic heterocycles. The third-order valence-electron chi connectivity index (χ3n) is 5.83. The lowest BCUT2D eigenvalue weighted by Gasteiger charge is -2.33. The van der Waals surface area contributed by atoms with Crippen molar-refractivity contribution in [2.45, 2.75) is 19.4 Å². The van der Waals surface area contributed by atoms with Gasteiger partial charge in [0.25, 0.3) is 0 Å². The summed E-state index contributed by atoms with van der Waals surface area (Å²) >= 11 is 6.36. The van der Waals surface area contributed by atoms with Crippen LogP contribution in [0.4, 0.5) is 11.4 Å². The van der Waals surface area contributed by atoms with E-state index in [2.05, 4.69) is 89.6 Å². The Morgan fingerprint density at radius 3 is 2.30 bits per heavy atom. The average Bonchev–Trinajstić information content (AvgIpc) is 2.87. The molecule has 4 heteroatoms. The van der Waals surface area contributed by atoms with Crippen LogP contribution in [0.3, 0.4) is 0 Å². The van der Waals surface area contributed by atoms with E-state index in [1.165, 1.54) is 11.3 Å². The van der Waals surface area contributed by atoms with Gasteiger partial charge in [-0.1, -0.05) is 96.6 Å². The zero-order valence-electron chi connectivity index (χ0n) is 18.4. The molecule has 0 spiro atoms. The van der Waals surface area contributed by atoms with Gasteiger partial charge in [-0.25, -0.2) is 9.97 Å². The van der Waals surface area contributed by atoms with E-state index in [9.17, 15) is 0 Å². The van der Waals surface area contributed by atoms with Gasteiger partial charge in [0.15, 0.2) is 5.82 Å². The number of aromatic nitrogens is 2. The Labute approximate surface area is 199 Å². The second kappa shape index (κ2) is 9.43. The Balaban J connectivity index is 1.52. The second-order valence-corrected chi connectivity index (χ2v) is 8.47. The molecule has 5 rings (SSSR count). The summed E-state index contributed by atoms with van der Waals surface area (Å²) in [6.07, 6.45) is 9.68. The third kappa shape index (κ3) is 4.59. The number of benzene rings is 3. The minimum Gasteiger partial charge on any atom is -0.334 e. The van der Waals surface area contributed by atoms with Crippen LogP contribution < -0.4 is 4.90 Å². The van der Waals surface area contributed by atoms with Crippen molar-refractivity contribution in [3.63, 3.8) is 0 Å². The highest BCUT2D eigenvalue weighted by molar-refractivity contribution is 6.29. The molecular formula is C29H24ClN3. The predicted octanol–water partition coefficient (Wildman–Crippen LogP) is 7.80. The maximum absolute atomic E-state index is 6.36. The molecule has 0 radical (unpaired) electrons. The van der Waals surface area contributed by atoms with E-state index < -0.39 is 0 Å². The van der Waals surface area contributed by atoms with Crippen molar-refractivity contribution in [3.05, 3.63) is 120 Å². The number of anilines is 2. The van der Waals surface area contributed by atoms with Gasteiger partial charge in [0.05, 0.1) is 11.7 Å². The van der Waals surface area contributed by atoms with E-state index in [0.717, 1.165) is 28.9 Å². The fraction of sp³-hybridized carbons (Fsp3) is 0.103. The molecule has 0 saturated heterocycles. The molecule has 162 valence electrons. The summed E-state index contributed by atoms with van der Waals surface area (Å²) in [5, 5.41) is 0.434. The molecule has 1 aliphatic rings. The van der Waals surface area contributed by atoms with Crippen molar-refractivity contribution in [2.75, 3.05) is 4.90 Å². The van der Waals surface area contributed by atoms with Gasteiger partial charge in [-0.15, -0.1) is 0 Å². The highest BCUT2D eigenvalue weighted by Gasteiger charge is 2.20. The molecular weight excluding hydrogens is 426 g/mol. The fourth-order valence-electron chi connectivity index (χ4n) is 4.18. The molecule has 0 saturated carbocycles. The van der Waals surface area contributed by atoms with Crippen LogP contribution in [0.25, 0.3) is 22.6 Å². The first kappa shape index (κ1) is 21.2. The van der Waals surface area contributed by atoms with E-state index in [0.29, 0.717) is 11.0 Å². The lowest BCUT2D eigenvalue weighted by Crippen LogP contribution is -2.30. The summed E-state index contributed by atoms with van der Waals surface area (Å²) in [6.45, 7) is 2.16. The molecule has 4 aromatic rings. The minimum absolute atomic E-state index is 0.264. The lowest BCUT2D eigenvalue weighted by molar-refractivity contribution is 0.783. The number of hydrogen-bond acceptors (Lipinski definition) is 3. The zero-order valence-corrected chi connectivity index (χ0v) is 19.2. The van der Waals surface area contributed by atoms with Crippen molar-refractivity contribution >= 4 is 23.0 Å². The van der Waals surface area contributed by atoms with Gasteiger partial charge in [-0.05, 0) is 37.1 Å². The van der Waals surface area contributed by atoms with Gasteiger partial charge in [0.2, 0.25) is 0 Å². The van der Waals surface area contributed by atoms with Crippen LogP contribution >= 0.6 is 11.6 Å². The van der Waals surface area contributed by atoms with Gasteiger partial charge >= 0.3 is 0 Å². The zero-order chi connectivity index (χ0) is 22.6. The van der Waals surface area contributed by atoms with Crippen LogP contribution in [0.1, 0.15) is 12.0 Å². The second-order valence-electron chi connectivity index (χ2n) is 8.09. The molecule has 33 heavy (non-hydrogen) atoms. The molecule has 1 aliphatic carbocycles. The third-order valence-corrected chi connectivity index (χ3v) is 6.03.